The summed E-state index contributed by atoms with van der Waals surface area (Å²) in [7, 11) is 0. The van der Waals surface area contributed by atoms with E-state index >= 15 is 0 Å². The number of rotatable bonds is 7. The molecule has 1 saturated carbocycles. The highest BCUT2D eigenvalue weighted by atomic mass is 35.5. The van der Waals surface area contributed by atoms with Crippen molar-refractivity contribution in [2.24, 2.45) is 0 Å². The van der Waals surface area contributed by atoms with E-state index in [1.54, 1.807) is 13.8 Å². The Morgan fingerprint density at radius 2 is 2.00 bits per heavy atom. The molecule has 1 aliphatic heterocycles. The average Bonchev–Trinajstić information content (AvgIpc) is 3.49. The molecule has 0 unspecified atom stereocenters. The molecule has 4 rings (SSSR count). The number of urea groups is 1. The highest BCUT2D eigenvalue weighted by Gasteiger charge is 2.47. The Morgan fingerprint density at radius 1 is 1.28 bits per heavy atom. The first-order chi connectivity index (χ1) is 15.3. The Morgan fingerprint density at radius 3 is 2.66 bits per heavy atom. The van der Waals surface area contributed by atoms with Gasteiger partial charge in [-0.1, -0.05) is 55.3 Å². The van der Waals surface area contributed by atoms with Gasteiger partial charge in [0.25, 0.3) is 5.91 Å². The SMILES string of the molecule is CC[C@@]1(C)NC(=O)N(NC(=O)CSc2nnc(-c3ccccc3Cl)n2C2CCCC2)C1=O. The minimum absolute atomic E-state index is 0.0206. The number of halogens is 1. The van der Waals surface area contributed by atoms with Gasteiger partial charge in [0.15, 0.2) is 11.0 Å². The molecule has 2 fully saturated rings. The van der Waals surface area contributed by atoms with Crippen molar-refractivity contribution in [3.8, 4) is 11.4 Å². The first-order valence-corrected chi connectivity index (χ1v) is 12.0. The summed E-state index contributed by atoms with van der Waals surface area (Å²) in [5.74, 6) is -0.288. The van der Waals surface area contributed by atoms with Crippen molar-refractivity contribution >= 4 is 41.2 Å². The summed E-state index contributed by atoms with van der Waals surface area (Å²) in [5, 5.41) is 13.3. The van der Waals surface area contributed by atoms with Crippen LogP contribution >= 0.6 is 23.4 Å². The molecule has 2 aromatic rings. The van der Waals surface area contributed by atoms with Crippen molar-refractivity contribution in [1.82, 2.24) is 30.5 Å². The molecule has 1 aromatic carbocycles. The second-order valence-corrected chi connectivity index (χ2v) is 9.52. The maximum absolute atomic E-state index is 12.5. The average molecular weight is 477 g/mol. The van der Waals surface area contributed by atoms with Gasteiger partial charge in [-0.05, 0) is 38.3 Å². The minimum Gasteiger partial charge on any atom is -0.322 e. The summed E-state index contributed by atoms with van der Waals surface area (Å²) >= 11 is 7.62. The van der Waals surface area contributed by atoms with Crippen LogP contribution < -0.4 is 10.7 Å². The van der Waals surface area contributed by atoms with Crippen LogP contribution in [0.2, 0.25) is 5.02 Å². The van der Waals surface area contributed by atoms with Crippen LogP contribution in [0.15, 0.2) is 29.4 Å². The molecule has 11 heteroatoms. The summed E-state index contributed by atoms with van der Waals surface area (Å²) < 4.78 is 2.06. The van der Waals surface area contributed by atoms with Crippen LogP contribution in [0.4, 0.5) is 4.79 Å². The van der Waals surface area contributed by atoms with Gasteiger partial charge in [-0.3, -0.25) is 19.6 Å². The molecule has 1 saturated heterocycles. The Bertz CT molecular complexity index is 1050. The van der Waals surface area contributed by atoms with Crippen molar-refractivity contribution in [1.29, 1.82) is 0 Å². The molecule has 2 N–H and O–H groups in total. The lowest BCUT2D eigenvalue weighted by atomic mass is 10.00. The lowest BCUT2D eigenvalue weighted by molar-refractivity contribution is -0.137. The van der Waals surface area contributed by atoms with Crippen LogP contribution in [0.3, 0.4) is 0 Å². The first-order valence-electron chi connectivity index (χ1n) is 10.6. The third-order valence-corrected chi connectivity index (χ3v) is 7.28. The van der Waals surface area contributed by atoms with Crippen LogP contribution in [0.1, 0.15) is 52.0 Å². The van der Waals surface area contributed by atoms with Gasteiger partial charge in [-0.15, -0.1) is 10.2 Å². The van der Waals surface area contributed by atoms with E-state index in [0.717, 1.165) is 36.3 Å². The van der Waals surface area contributed by atoms with Crippen molar-refractivity contribution in [3.63, 3.8) is 0 Å². The van der Waals surface area contributed by atoms with Crippen LogP contribution in [-0.2, 0) is 9.59 Å². The lowest BCUT2D eigenvalue weighted by Crippen LogP contribution is -2.49. The fraction of sp³-hybridized carbons (Fsp3) is 0.476. The van der Waals surface area contributed by atoms with Crippen molar-refractivity contribution < 1.29 is 14.4 Å². The molecule has 170 valence electrons. The van der Waals surface area contributed by atoms with Gasteiger partial charge >= 0.3 is 6.03 Å². The Kier molecular flexibility index (Phi) is 6.43. The van der Waals surface area contributed by atoms with Gasteiger partial charge in [0, 0.05) is 11.6 Å². The largest absolute Gasteiger partial charge is 0.344 e. The quantitative estimate of drug-likeness (QED) is 0.467. The molecule has 1 aliphatic carbocycles. The molecule has 0 bridgehead atoms. The standard InChI is InChI=1S/C21H25ClN6O3S/c1-3-21(2)18(30)28(19(31)23-21)26-16(29)12-32-20-25-24-17(14-10-6-7-11-15(14)22)27(20)13-8-4-5-9-13/h6-7,10-11,13H,3-5,8-9,12H2,1-2H3,(H,23,31)(H,26,29)/t21-/m1/s1. The van der Waals surface area contributed by atoms with Gasteiger partial charge < -0.3 is 5.32 Å². The number of nitrogens with zero attached hydrogens (tertiary/aromatic N) is 4. The number of imide groups is 1. The Labute approximate surface area is 195 Å². The number of hydrogen-bond donors (Lipinski definition) is 2. The van der Waals surface area contributed by atoms with Crippen LogP contribution in [0, 0.1) is 0 Å². The van der Waals surface area contributed by atoms with Crippen LogP contribution in [0.25, 0.3) is 11.4 Å². The van der Waals surface area contributed by atoms with Gasteiger partial charge in [0.05, 0.1) is 10.8 Å². The summed E-state index contributed by atoms with van der Waals surface area (Å²) in [4.78, 5) is 37.1. The molecule has 1 atom stereocenters. The predicted molar refractivity (Wildman–Crippen MR) is 121 cm³/mol. The first kappa shape index (κ1) is 22.6. The molecular formula is C21H25ClN6O3S. The molecule has 0 spiro atoms. The molecule has 1 aromatic heterocycles. The Balaban J connectivity index is 1.50. The summed E-state index contributed by atoms with van der Waals surface area (Å²) in [6.07, 6.45) is 4.68. The number of benzene rings is 1. The number of aromatic nitrogens is 3. The normalized spacial score (nSPS) is 21.3. The smallest absolute Gasteiger partial charge is 0.322 e. The summed E-state index contributed by atoms with van der Waals surface area (Å²) in [6.45, 7) is 3.43. The fourth-order valence-electron chi connectivity index (χ4n) is 4.01. The second kappa shape index (κ2) is 9.11. The molecule has 9 nitrogen and oxygen atoms in total. The molecule has 2 aliphatic rings. The maximum atomic E-state index is 12.5. The number of amides is 4. The molecule has 4 amide bonds. The summed E-state index contributed by atoms with van der Waals surface area (Å²) in [6, 6.07) is 7.08. The minimum atomic E-state index is -1.01. The van der Waals surface area contributed by atoms with Crippen LogP contribution in [-0.4, -0.2) is 48.9 Å². The monoisotopic (exact) mass is 476 g/mol. The number of hydrazine groups is 1. The van der Waals surface area contributed by atoms with Gasteiger partial charge in [0.2, 0.25) is 5.91 Å². The van der Waals surface area contributed by atoms with E-state index in [9.17, 15) is 14.4 Å². The van der Waals surface area contributed by atoms with E-state index in [2.05, 4.69) is 25.5 Å². The third kappa shape index (κ3) is 4.21. The van der Waals surface area contributed by atoms with E-state index in [1.807, 2.05) is 24.3 Å². The zero-order valence-electron chi connectivity index (χ0n) is 17.9. The van der Waals surface area contributed by atoms with Crippen molar-refractivity contribution in [3.05, 3.63) is 29.3 Å². The van der Waals surface area contributed by atoms with E-state index < -0.39 is 23.4 Å². The van der Waals surface area contributed by atoms with Gasteiger partial charge in [0.1, 0.15) is 5.54 Å². The molecule has 2 heterocycles. The van der Waals surface area contributed by atoms with Crippen molar-refractivity contribution in [2.45, 2.75) is 62.7 Å². The fourth-order valence-corrected chi connectivity index (χ4v) is 5.02. The zero-order chi connectivity index (χ0) is 22.9. The molecule has 0 radical (unpaired) electrons. The Hall–Kier alpha value is -2.59. The lowest BCUT2D eigenvalue weighted by Gasteiger charge is -2.19. The molecule has 32 heavy (non-hydrogen) atoms. The van der Waals surface area contributed by atoms with Gasteiger partial charge in [-0.2, -0.15) is 5.01 Å². The number of thioether (sulfide) groups is 1. The third-order valence-electron chi connectivity index (χ3n) is 6.01. The van der Waals surface area contributed by atoms with Gasteiger partial charge in [-0.25, -0.2) is 4.79 Å². The van der Waals surface area contributed by atoms with E-state index in [-0.39, 0.29) is 11.8 Å². The van der Waals surface area contributed by atoms with Crippen LogP contribution in [0.5, 0.6) is 0 Å². The van der Waals surface area contributed by atoms with E-state index in [1.165, 1.54) is 11.8 Å². The highest BCUT2D eigenvalue weighted by Crippen LogP contribution is 2.38. The van der Waals surface area contributed by atoms with Crippen molar-refractivity contribution in [2.75, 3.05) is 5.75 Å². The number of carbonyl (C=O) groups excluding carboxylic acids is 3. The number of nitrogens with one attached hydrogen (secondary N) is 2. The summed E-state index contributed by atoms with van der Waals surface area (Å²) in [5.41, 5.74) is 2.19. The van der Waals surface area contributed by atoms with E-state index in [4.69, 9.17) is 11.6 Å². The zero-order valence-corrected chi connectivity index (χ0v) is 19.5. The predicted octanol–water partition coefficient (Wildman–Crippen LogP) is 3.56. The highest BCUT2D eigenvalue weighted by molar-refractivity contribution is 7.99. The number of hydrogen-bond acceptors (Lipinski definition) is 6. The number of carbonyl (C=O) groups is 3. The maximum Gasteiger partial charge on any atom is 0.344 e. The second-order valence-electron chi connectivity index (χ2n) is 8.17. The molecular weight excluding hydrogens is 452 g/mol. The van der Waals surface area contributed by atoms with E-state index in [0.29, 0.717) is 22.4 Å². The topological polar surface area (TPSA) is 109 Å².